The van der Waals surface area contributed by atoms with Crippen molar-refractivity contribution >= 4 is 33.2 Å². The van der Waals surface area contributed by atoms with Crippen molar-refractivity contribution < 1.29 is 0 Å². The maximum Gasteiger partial charge on any atom is 0.0871 e. The summed E-state index contributed by atoms with van der Waals surface area (Å²) in [5, 5.41) is 3.94. The molecular formula is C11H11BrClN. The predicted octanol–water partition coefficient (Wildman–Crippen LogP) is 3.93. The number of terminal acetylenes is 1. The van der Waals surface area contributed by atoms with Crippen molar-refractivity contribution in [1.82, 2.24) is 0 Å². The molecule has 0 aliphatic heterocycles. The molecule has 3 heteroatoms. The Labute approximate surface area is 98.0 Å². The van der Waals surface area contributed by atoms with Crippen molar-refractivity contribution in [3.05, 3.63) is 27.7 Å². The van der Waals surface area contributed by atoms with Crippen molar-refractivity contribution in [3.8, 4) is 12.3 Å². The van der Waals surface area contributed by atoms with Gasteiger partial charge in [0.2, 0.25) is 0 Å². The topological polar surface area (TPSA) is 12.0 Å². The van der Waals surface area contributed by atoms with Crippen molar-refractivity contribution in [1.29, 1.82) is 0 Å². The Hall–Kier alpha value is -0.650. The van der Waals surface area contributed by atoms with Gasteiger partial charge in [0.1, 0.15) is 0 Å². The highest BCUT2D eigenvalue weighted by Gasteiger charge is 2.04. The summed E-state index contributed by atoms with van der Waals surface area (Å²) in [6, 6.07) is 5.64. The molecule has 1 unspecified atom stereocenters. The third-order valence-corrected chi connectivity index (χ3v) is 2.76. The molecule has 1 aromatic rings. The zero-order valence-corrected chi connectivity index (χ0v) is 10.2. The lowest BCUT2D eigenvalue weighted by Crippen LogP contribution is -2.15. The summed E-state index contributed by atoms with van der Waals surface area (Å²) in [5.74, 6) is 2.68. The molecular weight excluding hydrogens is 261 g/mol. The monoisotopic (exact) mass is 271 g/mol. The summed E-state index contributed by atoms with van der Waals surface area (Å²) in [7, 11) is 0. The Morgan fingerprint density at radius 3 is 2.86 bits per heavy atom. The first-order chi connectivity index (χ1) is 6.67. The molecule has 0 saturated heterocycles. The molecule has 0 aliphatic rings. The van der Waals surface area contributed by atoms with Gasteiger partial charge in [-0.25, -0.2) is 0 Å². The van der Waals surface area contributed by atoms with Crippen LogP contribution in [0.25, 0.3) is 0 Å². The Kier molecular flexibility index (Phi) is 4.31. The molecule has 1 nitrogen and oxygen atoms in total. The van der Waals surface area contributed by atoms with Crippen LogP contribution in [-0.4, -0.2) is 6.04 Å². The van der Waals surface area contributed by atoms with E-state index in [2.05, 4.69) is 27.2 Å². The lowest BCUT2D eigenvalue weighted by Gasteiger charge is -2.13. The highest BCUT2D eigenvalue weighted by Crippen LogP contribution is 2.26. The van der Waals surface area contributed by atoms with Crippen LogP contribution in [0.3, 0.4) is 0 Å². The second-order valence-corrected chi connectivity index (χ2v) is 4.19. The van der Waals surface area contributed by atoms with E-state index in [4.69, 9.17) is 18.0 Å². The zero-order chi connectivity index (χ0) is 10.6. The van der Waals surface area contributed by atoms with Crippen LogP contribution in [0.15, 0.2) is 22.7 Å². The molecule has 1 rings (SSSR count). The summed E-state index contributed by atoms with van der Waals surface area (Å²) in [6.07, 6.45) is 6.25. The molecule has 0 fully saturated rings. The Morgan fingerprint density at radius 1 is 1.64 bits per heavy atom. The lowest BCUT2D eigenvalue weighted by atomic mass is 10.2. The van der Waals surface area contributed by atoms with Crippen LogP contribution in [0.5, 0.6) is 0 Å². The highest BCUT2D eigenvalue weighted by atomic mass is 79.9. The van der Waals surface area contributed by atoms with E-state index in [1.807, 2.05) is 25.1 Å². The van der Waals surface area contributed by atoms with E-state index in [9.17, 15) is 0 Å². The summed E-state index contributed by atoms with van der Waals surface area (Å²) >= 11 is 9.24. The van der Waals surface area contributed by atoms with Crippen molar-refractivity contribution in [2.45, 2.75) is 19.4 Å². The number of nitrogens with one attached hydrogen (secondary N) is 1. The summed E-state index contributed by atoms with van der Waals surface area (Å²) in [5.41, 5.74) is 0.971. The van der Waals surface area contributed by atoms with Gasteiger partial charge in [0.25, 0.3) is 0 Å². The second kappa shape index (κ2) is 5.29. The largest absolute Gasteiger partial charge is 0.371 e. The molecule has 0 bridgehead atoms. The number of hydrogen-bond donors (Lipinski definition) is 1. The number of rotatable bonds is 3. The first kappa shape index (κ1) is 11.4. The van der Waals surface area contributed by atoms with Gasteiger partial charge >= 0.3 is 0 Å². The molecule has 0 spiro atoms. The Balaban J connectivity index is 2.82. The fourth-order valence-corrected chi connectivity index (χ4v) is 1.85. The van der Waals surface area contributed by atoms with Crippen LogP contribution in [0.2, 0.25) is 5.02 Å². The average molecular weight is 273 g/mol. The summed E-state index contributed by atoms with van der Waals surface area (Å²) < 4.78 is 0.929. The van der Waals surface area contributed by atoms with Gasteiger partial charge in [0, 0.05) is 15.2 Å². The Morgan fingerprint density at radius 2 is 2.36 bits per heavy atom. The van der Waals surface area contributed by atoms with E-state index in [1.165, 1.54) is 0 Å². The average Bonchev–Trinajstić information content (AvgIpc) is 2.17. The third-order valence-electron chi connectivity index (χ3n) is 1.87. The zero-order valence-electron chi connectivity index (χ0n) is 7.85. The van der Waals surface area contributed by atoms with Crippen molar-refractivity contribution in [2.75, 3.05) is 5.32 Å². The molecule has 0 amide bonds. The Bertz CT molecular complexity index is 357. The molecule has 0 saturated carbocycles. The molecule has 14 heavy (non-hydrogen) atoms. The first-order valence-corrected chi connectivity index (χ1v) is 5.52. The number of hydrogen-bond acceptors (Lipinski definition) is 1. The minimum atomic E-state index is 0.0625. The maximum atomic E-state index is 5.82. The van der Waals surface area contributed by atoms with Gasteiger partial charge in [-0.15, -0.1) is 6.42 Å². The molecule has 1 atom stereocenters. The van der Waals surface area contributed by atoms with Crippen molar-refractivity contribution in [2.24, 2.45) is 0 Å². The first-order valence-electron chi connectivity index (χ1n) is 4.35. The van der Waals surface area contributed by atoms with Crippen molar-refractivity contribution in [3.63, 3.8) is 0 Å². The minimum Gasteiger partial charge on any atom is -0.371 e. The van der Waals surface area contributed by atoms with E-state index in [1.54, 1.807) is 0 Å². The van der Waals surface area contributed by atoms with Crippen LogP contribution in [0.1, 0.15) is 13.3 Å². The van der Waals surface area contributed by atoms with E-state index >= 15 is 0 Å². The second-order valence-electron chi connectivity index (χ2n) is 2.90. The van der Waals surface area contributed by atoms with Gasteiger partial charge in [0.05, 0.1) is 6.04 Å². The fraction of sp³-hybridized carbons (Fsp3) is 0.273. The highest BCUT2D eigenvalue weighted by molar-refractivity contribution is 9.10. The molecule has 1 N–H and O–H groups in total. The number of halogens is 2. The van der Waals surface area contributed by atoms with Gasteiger partial charge in [-0.05, 0) is 40.5 Å². The molecule has 1 aromatic carbocycles. The van der Waals surface area contributed by atoms with Crippen LogP contribution >= 0.6 is 27.5 Å². The van der Waals surface area contributed by atoms with Crippen LogP contribution in [0, 0.1) is 12.3 Å². The van der Waals surface area contributed by atoms with Gasteiger partial charge in [-0.2, -0.15) is 0 Å². The minimum absolute atomic E-state index is 0.0625. The molecule has 0 heterocycles. The predicted molar refractivity (Wildman–Crippen MR) is 65.7 cm³/mol. The normalized spacial score (nSPS) is 11.9. The van der Waals surface area contributed by atoms with E-state index in [0.717, 1.165) is 16.6 Å². The molecule has 0 radical (unpaired) electrons. The van der Waals surface area contributed by atoms with E-state index in [-0.39, 0.29) is 6.04 Å². The lowest BCUT2D eigenvalue weighted by molar-refractivity contribution is 0.857. The van der Waals surface area contributed by atoms with Gasteiger partial charge in [-0.1, -0.05) is 24.4 Å². The standard InChI is InChI=1S/C11H11BrClN/c1-3-9(4-2)14-11-6-5-8(13)7-10(11)12/h1,5-7,9,14H,4H2,2H3. The van der Waals surface area contributed by atoms with Gasteiger partial charge in [-0.3, -0.25) is 0 Å². The maximum absolute atomic E-state index is 5.82. The molecule has 0 aliphatic carbocycles. The van der Waals surface area contributed by atoms with Crippen LogP contribution in [0.4, 0.5) is 5.69 Å². The number of benzene rings is 1. The van der Waals surface area contributed by atoms with E-state index in [0.29, 0.717) is 5.02 Å². The molecule has 74 valence electrons. The summed E-state index contributed by atoms with van der Waals surface area (Å²) in [6.45, 7) is 2.04. The smallest absolute Gasteiger partial charge is 0.0871 e. The van der Waals surface area contributed by atoms with Crippen LogP contribution in [-0.2, 0) is 0 Å². The van der Waals surface area contributed by atoms with Gasteiger partial charge in [0.15, 0.2) is 0 Å². The van der Waals surface area contributed by atoms with Gasteiger partial charge < -0.3 is 5.32 Å². The SMILES string of the molecule is C#CC(CC)Nc1ccc(Cl)cc1Br. The summed E-state index contributed by atoms with van der Waals surface area (Å²) in [4.78, 5) is 0. The van der Waals surface area contributed by atoms with Crippen LogP contribution < -0.4 is 5.32 Å². The fourth-order valence-electron chi connectivity index (χ4n) is 1.06. The third kappa shape index (κ3) is 2.94. The molecule has 0 aromatic heterocycles. The number of anilines is 1. The van der Waals surface area contributed by atoms with E-state index < -0.39 is 0 Å². The quantitative estimate of drug-likeness (QED) is 0.822.